The van der Waals surface area contributed by atoms with E-state index in [0.29, 0.717) is 28.4 Å². The highest BCUT2D eigenvalue weighted by atomic mass is 16.5. The summed E-state index contributed by atoms with van der Waals surface area (Å²) in [5, 5.41) is 12.5. The van der Waals surface area contributed by atoms with E-state index < -0.39 is 5.97 Å². The number of carbonyl (C=O) groups is 2. The van der Waals surface area contributed by atoms with Crippen LogP contribution < -0.4 is 14.8 Å². The number of rotatable bonds is 6. The fourth-order valence-corrected chi connectivity index (χ4v) is 2.30. The number of aromatic carboxylic acids is 1. The van der Waals surface area contributed by atoms with Crippen LogP contribution in [-0.2, 0) is 0 Å². The average Bonchev–Trinajstić information content (AvgIpc) is 2.60. The minimum absolute atomic E-state index is 0.0296. The van der Waals surface area contributed by atoms with Crippen molar-refractivity contribution in [1.82, 2.24) is 4.90 Å². The number of anilines is 2. The van der Waals surface area contributed by atoms with E-state index in [4.69, 9.17) is 9.47 Å². The van der Waals surface area contributed by atoms with Crippen LogP contribution in [0.5, 0.6) is 11.5 Å². The second-order valence-electron chi connectivity index (χ2n) is 5.46. The highest BCUT2D eigenvalue weighted by Gasteiger charge is 2.17. The smallest absolute Gasteiger partial charge is 0.337 e. The number of hydrogen-bond acceptors (Lipinski definition) is 5. The number of methoxy groups -OCH3 is 2. The minimum Gasteiger partial charge on any atom is -0.493 e. The Kier molecular flexibility index (Phi) is 5.49. The Labute approximate surface area is 145 Å². The maximum atomic E-state index is 12.1. The summed E-state index contributed by atoms with van der Waals surface area (Å²) in [6.07, 6.45) is 0. The van der Waals surface area contributed by atoms with Crippen LogP contribution in [0.2, 0.25) is 0 Å². The fraction of sp³-hybridized carbons (Fsp3) is 0.222. The van der Waals surface area contributed by atoms with Gasteiger partial charge in [0.05, 0.1) is 25.5 Å². The Bertz CT molecular complexity index is 802. The molecule has 0 unspecified atom stereocenters. The van der Waals surface area contributed by atoms with E-state index in [1.54, 1.807) is 44.4 Å². The third-order valence-electron chi connectivity index (χ3n) is 3.55. The van der Waals surface area contributed by atoms with Gasteiger partial charge in [-0.3, -0.25) is 4.79 Å². The summed E-state index contributed by atoms with van der Waals surface area (Å²) in [7, 11) is 6.24. The second-order valence-corrected chi connectivity index (χ2v) is 5.46. The third kappa shape index (κ3) is 4.00. The number of nitrogens with zero attached hydrogens (tertiary/aromatic N) is 1. The molecule has 132 valence electrons. The molecular formula is C18H20N2O5. The number of nitrogens with one attached hydrogen (secondary N) is 1. The van der Waals surface area contributed by atoms with Crippen molar-refractivity contribution in [3.8, 4) is 11.5 Å². The lowest BCUT2D eigenvalue weighted by molar-refractivity contribution is 0.0697. The summed E-state index contributed by atoms with van der Waals surface area (Å²) in [6, 6.07) is 9.75. The van der Waals surface area contributed by atoms with E-state index in [0.717, 1.165) is 0 Å². The first-order valence-corrected chi connectivity index (χ1v) is 7.45. The molecule has 7 heteroatoms. The molecule has 0 aromatic heterocycles. The van der Waals surface area contributed by atoms with Gasteiger partial charge in [-0.15, -0.1) is 0 Å². The quantitative estimate of drug-likeness (QED) is 0.838. The Morgan fingerprint density at radius 2 is 1.68 bits per heavy atom. The molecule has 0 spiro atoms. The molecule has 0 bridgehead atoms. The first kappa shape index (κ1) is 18.1. The lowest BCUT2D eigenvalue weighted by Gasteiger charge is -2.15. The van der Waals surface area contributed by atoms with Crippen molar-refractivity contribution in [1.29, 1.82) is 0 Å². The third-order valence-corrected chi connectivity index (χ3v) is 3.55. The van der Waals surface area contributed by atoms with Crippen LogP contribution in [0.3, 0.4) is 0 Å². The van der Waals surface area contributed by atoms with Crippen molar-refractivity contribution in [2.75, 3.05) is 33.6 Å². The number of benzene rings is 2. The van der Waals surface area contributed by atoms with E-state index >= 15 is 0 Å². The fourth-order valence-electron chi connectivity index (χ4n) is 2.30. The van der Waals surface area contributed by atoms with Gasteiger partial charge in [-0.2, -0.15) is 0 Å². The van der Waals surface area contributed by atoms with Crippen LogP contribution in [0.4, 0.5) is 11.4 Å². The van der Waals surface area contributed by atoms with Crippen molar-refractivity contribution in [3.05, 3.63) is 47.5 Å². The van der Waals surface area contributed by atoms with E-state index in [2.05, 4.69) is 5.32 Å². The largest absolute Gasteiger partial charge is 0.493 e. The number of carboxylic acid groups (broad SMARTS) is 1. The highest BCUT2D eigenvalue weighted by Crippen LogP contribution is 2.34. The molecule has 2 rings (SSSR count). The van der Waals surface area contributed by atoms with Gasteiger partial charge in [-0.1, -0.05) is 6.07 Å². The predicted octanol–water partition coefficient (Wildman–Crippen LogP) is 2.85. The lowest BCUT2D eigenvalue weighted by Crippen LogP contribution is -2.21. The number of carbonyl (C=O) groups excluding carboxylic acids is 1. The van der Waals surface area contributed by atoms with Gasteiger partial charge < -0.3 is 24.8 Å². The van der Waals surface area contributed by atoms with Gasteiger partial charge in [0, 0.05) is 37.5 Å². The minimum atomic E-state index is -1.11. The maximum absolute atomic E-state index is 12.1. The van der Waals surface area contributed by atoms with Gasteiger partial charge >= 0.3 is 5.97 Å². The summed E-state index contributed by atoms with van der Waals surface area (Å²) < 4.78 is 10.4. The molecule has 25 heavy (non-hydrogen) atoms. The monoisotopic (exact) mass is 344 g/mol. The molecule has 0 saturated carbocycles. The summed E-state index contributed by atoms with van der Waals surface area (Å²) in [5.74, 6) is -0.532. The Morgan fingerprint density at radius 1 is 1.04 bits per heavy atom. The maximum Gasteiger partial charge on any atom is 0.337 e. The molecule has 7 nitrogen and oxygen atoms in total. The molecule has 0 atom stereocenters. The zero-order valence-electron chi connectivity index (χ0n) is 14.5. The van der Waals surface area contributed by atoms with Crippen LogP contribution in [0.15, 0.2) is 36.4 Å². The van der Waals surface area contributed by atoms with Crippen molar-refractivity contribution < 1.29 is 24.2 Å². The van der Waals surface area contributed by atoms with Gasteiger partial charge in [0.1, 0.15) is 0 Å². The average molecular weight is 344 g/mol. The zero-order chi connectivity index (χ0) is 18.6. The summed E-state index contributed by atoms with van der Waals surface area (Å²) in [6.45, 7) is 0. The molecular weight excluding hydrogens is 324 g/mol. The molecule has 0 heterocycles. The zero-order valence-corrected chi connectivity index (χ0v) is 14.5. The SMILES string of the molecule is COc1cc(Nc2cccc(C(=O)N(C)C)c2)c(C(=O)O)cc1OC. The Hall–Kier alpha value is -3.22. The van der Waals surface area contributed by atoms with Crippen molar-refractivity contribution >= 4 is 23.3 Å². The molecule has 0 aliphatic rings. The van der Waals surface area contributed by atoms with E-state index in [-0.39, 0.29) is 11.5 Å². The van der Waals surface area contributed by atoms with Crippen LogP contribution in [0.25, 0.3) is 0 Å². The van der Waals surface area contributed by atoms with Crippen molar-refractivity contribution in [2.24, 2.45) is 0 Å². The lowest BCUT2D eigenvalue weighted by atomic mass is 10.1. The summed E-state index contributed by atoms with van der Waals surface area (Å²) in [5.41, 5.74) is 1.44. The molecule has 0 aliphatic heterocycles. The molecule has 0 aliphatic carbocycles. The summed E-state index contributed by atoms with van der Waals surface area (Å²) in [4.78, 5) is 25.1. The van der Waals surface area contributed by atoms with Gasteiger partial charge in [0.25, 0.3) is 5.91 Å². The second kappa shape index (κ2) is 7.57. The molecule has 2 aromatic carbocycles. The van der Waals surface area contributed by atoms with Gasteiger partial charge in [-0.05, 0) is 18.2 Å². The first-order valence-electron chi connectivity index (χ1n) is 7.45. The molecule has 0 radical (unpaired) electrons. The molecule has 2 aromatic rings. The molecule has 1 amide bonds. The number of carboxylic acids is 1. The standard InChI is InChI=1S/C18H20N2O5/c1-20(2)17(21)11-6-5-7-12(8-11)19-14-10-16(25-4)15(24-3)9-13(14)18(22)23/h5-10,19H,1-4H3,(H,22,23). The normalized spacial score (nSPS) is 10.1. The Morgan fingerprint density at radius 3 is 2.24 bits per heavy atom. The van der Waals surface area contributed by atoms with Crippen molar-refractivity contribution in [2.45, 2.75) is 0 Å². The Balaban J connectivity index is 2.44. The van der Waals surface area contributed by atoms with E-state index in [1.165, 1.54) is 25.2 Å². The van der Waals surface area contributed by atoms with Crippen LogP contribution in [-0.4, -0.2) is 50.2 Å². The van der Waals surface area contributed by atoms with Crippen LogP contribution in [0.1, 0.15) is 20.7 Å². The number of hydrogen-bond donors (Lipinski definition) is 2. The van der Waals surface area contributed by atoms with E-state index in [9.17, 15) is 14.7 Å². The topological polar surface area (TPSA) is 88.1 Å². The van der Waals surface area contributed by atoms with Crippen molar-refractivity contribution in [3.63, 3.8) is 0 Å². The molecule has 0 saturated heterocycles. The molecule has 0 fully saturated rings. The summed E-state index contributed by atoms with van der Waals surface area (Å²) >= 11 is 0. The van der Waals surface area contributed by atoms with Crippen LogP contribution >= 0.6 is 0 Å². The van der Waals surface area contributed by atoms with Crippen LogP contribution in [0, 0.1) is 0 Å². The predicted molar refractivity (Wildman–Crippen MR) is 94.2 cm³/mol. The van der Waals surface area contributed by atoms with E-state index in [1.807, 2.05) is 0 Å². The van der Waals surface area contributed by atoms with Gasteiger partial charge in [-0.25, -0.2) is 4.79 Å². The number of amides is 1. The van der Waals surface area contributed by atoms with Gasteiger partial charge in [0.15, 0.2) is 11.5 Å². The van der Waals surface area contributed by atoms with Gasteiger partial charge in [0.2, 0.25) is 0 Å². The molecule has 2 N–H and O–H groups in total. The first-order chi connectivity index (χ1) is 11.9. The highest BCUT2D eigenvalue weighted by molar-refractivity contribution is 5.97. The number of ether oxygens (including phenoxy) is 2.